The number of imide groups is 1. The van der Waals surface area contributed by atoms with E-state index in [1.54, 1.807) is 52.9 Å². The van der Waals surface area contributed by atoms with Crippen LogP contribution in [-0.4, -0.2) is 167 Å². The Balaban J connectivity index is 1.20. The summed E-state index contributed by atoms with van der Waals surface area (Å²) in [7, 11) is 4.72. The Kier molecular flexibility index (Phi) is 27.3. The Bertz CT molecular complexity index is 2490. The van der Waals surface area contributed by atoms with Crippen molar-refractivity contribution in [1.29, 1.82) is 0 Å². The van der Waals surface area contributed by atoms with Crippen LogP contribution in [0.2, 0.25) is 0 Å². The molecule has 0 radical (unpaired) electrons. The molecule has 458 valence electrons. The first-order chi connectivity index (χ1) is 39.7. The molecule has 5 rings (SSSR count). The van der Waals surface area contributed by atoms with Gasteiger partial charge in [0, 0.05) is 90.7 Å². The Hall–Kier alpha value is -6.51. The Morgan fingerprint density at radius 3 is 2.07 bits per heavy atom. The summed E-state index contributed by atoms with van der Waals surface area (Å²) in [6, 6.07) is 12.6. The number of piperidine rings is 1. The fourth-order valence-electron chi connectivity index (χ4n) is 11.8. The second-order valence-corrected chi connectivity index (χ2v) is 23.1. The fraction of sp³-hybridized carbons (Fsp3) is 0.635. The fourth-order valence-corrected chi connectivity index (χ4v) is 11.8. The first kappa shape index (κ1) is 67.3. The number of rotatable bonds is 33. The molecule has 3 aliphatic heterocycles. The van der Waals surface area contributed by atoms with Gasteiger partial charge in [-0.15, -0.1) is 0 Å². The number of likely N-dealkylation sites (tertiary alicyclic amines) is 2. The first-order valence-electron chi connectivity index (χ1n) is 30.1. The van der Waals surface area contributed by atoms with Gasteiger partial charge in [0.15, 0.2) is 0 Å². The molecule has 0 saturated carbocycles. The number of carbonyl (C=O) groups excluding carboxylic acids is 9. The maximum atomic E-state index is 14.7. The number of benzene rings is 2. The summed E-state index contributed by atoms with van der Waals surface area (Å²) < 4.78 is 12.2. The van der Waals surface area contributed by atoms with Crippen LogP contribution in [0.5, 0.6) is 0 Å². The van der Waals surface area contributed by atoms with Crippen LogP contribution >= 0.6 is 0 Å². The maximum absolute atomic E-state index is 14.7. The van der Waals surface area contributed by atoms with E-state index in [2.05, 4.69) is 21.3 Å². The topological polar surface area (TPSA) is 253 Å². The highest BCUT2D eigenvalue weighted by Gasteiger charge is 2.44. The van der Waals surface area contributed by atoms with Gasteiger partial charge in [0.1, 0.15) is 18.1 Å². The van der Waals surface area contributed by atoms with Crippen molar-refractivity contribution in [3.8, 4) is 0 Å². The van der Waals surface area contributed by atoms with E-state index in [9.17, 15) is 48.3 Å². The zero-order valence-corrected chi connectivity index (χ0v) is 50.6. The lowest BCUT2D eigenvalue weighted by molar-refractivity contribution is -0.150. The Morgan fingerprint density at radius 2 is 1.43 bits per heavy atom. The molecule has 9 amide bonds. The van der Waals surface area contributed by atoms with Crippen LogP contribution in [0.1, 0.15) is 149 Å². The lowest BCUT2D eigenvalue weighted by Gasteiger charge is -2.42. The van der Waals surface area contributed by atoms with Crippen LogP contribution in [0.25, 0.3) is 0 Å². The molecule has 20 nitrogen and oxygen atoms in total. The lowest BCUT2D eigenvalue weighted by atomic mass is 9.89. The molecule has 20 heteroatoms. The average Bonchev–Trinajstić information content (AvgIpc) is 4.32. The van der Waals surface area contributed by atoms with E-state index in [1.807, 2.05) is 65.0 Å². The van der Waals surface area contributed by atoms with Crippen LogP contribution < -0.4 is 21.3 Å². The molecule has 5 N–H and O–H groups in total. The monoisotopic (exact) mass is 1150 g/mol. The molecule has 0 spiro atoms. The summed E-state index contributed by atoms with van der Waals surface area (Å²) in [5.74, 6) is -3.92. The van der Waals surface area contributed by atoms with E-state index in [0.29, 0.717) is 89.4 Å². The Morgan fingerprint density at radius 1 is 0.759 bits per heavy atom. The first-order valence-corrected chi connectivity index (χ1v) is 30.1. The number of aliphatic hydroxyl groups excluding tert-OH is 1. The van der Waals surface area contributed by atoms with Gasteiger partial charge in [0.05, 0.1) is 36.6 Å². The third kappa shape index (κ3) is 19.3. The molecule has 0 aromatic heterocycles. The molecule has 83 heavy (non-hydrogen) atoms. The normalized spacial score (nSPS) is 19.6. The van der Waals surface area contributed by atoms with Crippen molar-refractivity contribution < 1.29 is 57.7 Å². The summed E-state index contributed by atoms with van der Waals surface area (Å²) in [5, 5.41) is 21.1. The van der Waals surface area contributed by atoms with Gasteiger partial charge < -0.3 is 50.5 Å². The summed E-state index contributed by atoms with van der Waals surface area (Å²) in [6.45, 7) is 12.5. The van der Waals surface area contributed by atoms with Crippen LogP contribution in [0.3, 0.4) is 0 Å². The number of hydrogen-bond acceptors (Lipinski definition) is 12. The number of amides is 9. The molecular formula is C63H94N8O12. The number of hydrogen-bond donors (Lipinski definition) is 5. The van der Waals surface area contributed by atoms with E-state index in [0.717, 1.165) is 24.0 Å². The van der Waals surface area contributed by atoms with Crippen molar-refractivity contribution in [2.75, 3.05) is 46.3 Å². The number of unbranched alkanes of at least 4 members (excludes halogenated alkanes) is 4. The summed E-state index contributed by atoms with van der Waals surface area (Å²) in [4.78, 5) is 128. The second-order valence-electron chi connectivity index (χ2n) is 23.1. The number of anilines is 1. The Labute approximate surface area is 491 Å². The minimum absolute atomic E-state index is 0.0598. The van der Waals surface area contributed by atoms with Crippen LogP contribution in [0.15, 0.2) is 66.7 Å². The number of methoxy groups -OCH3 is 2. The highest BCUT2D eigenvalue weighted by molar-refractivity contribution is 6.12. The minimum atomic E-state index is -0.991. The van der Waals surface area contributed by atoms with Crippen LogP contribution in [0, 0.1) is 17.8 Å². The summed E-state index contributed by atoms with van der Waals surface area (Å²) >= 11 is 0. The molecule has 2 aromatic rings. The molecule has 10 atom stereocenters. The second kappa shape index (κ2) is 33.7. The van der Waals surface area contributed by atoms with Crippen molar-refractivity contribution in [2.45, 2.75) is 199 Å². The zero-order chi connectivity index (χ0) is 60.8. The summed E-state index contributed by atoms with van der Waals surface area (Å²) in [5.41, 5.74) is 2.13. The van der Waals surface area contributed by atoms with Crippen LogP contribution in [-0.2, 0) is 65.6 Å². The predicted octanol–water partition coefficient (Wildman–Crippen LogP) is 5.84. The molecule has 0 bridgehead atoms. The summed E-state index contributed by atoms with van der Waals surface area (Å²) in [6.07, 6.45) is 9.45. The van der Waals surface area contributed by atoms with Gasteiger partial charge in [-0.3, -0.25) is 48.1 Å². The highest BCUT2D eigenvalue weighted by atomic mass is 16.5. The van der Waals surface area contributed by atoms with Gasteiger partial charge in [0.2, 0.25) is 41.4 Å². The number of carbonyl (C=O) groups is 9. The van der Waals surface area contributed by atoms with Crippen LogP contribution in [0.4, 0.5) is 5.69 Å². The molecule has 2 aromatic carbocycles. The number of ether oxygens (including phenoxy) is 2. The third-order valence-corrected chi connectivity index (χ3v) is 16.9. The molecule has 3 heterocycles. The van der Waals surface area contributed by atoms with E-state index >= 15 is 0 Å². The molecule has 0 aliphatic carbocycles. The van der Waals surface area contributed by atoms with E-state index in [1.165, 1.54) is 31.3 Å². The van der Waals surface area contributed by atoms with E-state index in [4.69, 9.17) is 9.47 Å². The van der Waals surface area contributed by atoms with Crippen molar-refractivity contribution >= 4 is 58.9 Å². The van der Waals surface area contributed by atoms with Gasteiger partial charge in [-0.1, -0.05) is 96.3 Å². The van der Waals surface area contributed by atoms with Gasteiger partial charge in [-0.2, -0.15) is 0 Å². The van der Waals surface area contributed by atoms with Crippen molar-refractivity contribution in [3.63, 3.8) is 0 Å². The standard InChI is InChI=1S/C63H94N8O12/c1-10-42(4)58(68(7)63(81)57(41(2)3)67-62(80)50-25-20-22-43(5)71(50)55(76)28-17-13-19-37-72)51(82-8)39-56(77)69-36-21-26-49(69)59(83-9)44(6)60(78)66-48(38-45-23-14-11-15-24-45)61(79)65-47-31-29-46(30-32-47)40-64-52(73)27-16-12-18-35-70-53(74)33-34-54(70)75/h11,14-15,23-24,29-34,41-44,48-51,57-59,72H,10,12-13,16-22,25-28,35-40H2,1-9H3,(H,64,73)(H,65,79)(H,66,78)(H,67,80)/t42-,43+,44+,48-,49-,50-,51+,57-,58-,59+/m0/s1. The van der Waals surface area contributed by atoms with Crippen molar-refractivity contribution in [3.05, 3.63) is 77.9 Å². The lowest BCUT2D eigenvalue weighted by Crippen LogP contribution is -2.61. The van der Waals surface area contributed by atoms with Crippen molar-refractivity contribution in [2.24, 2.45) is 17.8 Å². The minimum Gasteiger partial charge on any atom is -0.396 e. The molecule has 2 fully saturated rings. The number of nitrogens with zero attached hydrogens (tertiary/aromatic N) is 4. The largest absolute Gasteiger partial charge is 0.396 e. The molecule has 3 aliphatic rings. The molecular weight excluding hydrogens is 1060 g/mol. The van der Waals surface area contributed by atoms with Gasteiger partial charge >= 0.3 is 0 Å². The molecule has 0 unspecified atom stereocenters. The smallest absolute Gasteiger partial charge is 0.253 e. The third-order valence-electron chi connectivity index (χ3n) is 16.9. The average molecular weight is 1160 g/mol. The molecule has 2 saturated heterocycles. The predicted molar refractivity (Wildman–Crippen MR) is 316 cm³/mol. The van der Waals surface area contributed by atoms with E-state index < -0.39 is 60.1 Å². The SMILES string of the molecule is CC[C@H](C)[C@@H]([C@@H](CC(=O)N1CCC[C@H]1[C@H](OC)[C@@H](C)C(=O)N[C@@H](Cc1ccccc1)C(=O)Nc1ccc(CNC(=O)CCCCCN2C(=O)C=CC2=O)cc1)OC)N(C)C(=O)[C@@H](NC(=O)[C@@H]1CCC[C@@H](C)N1C(=O)CCCCCO)C(C)C. The number of aliphatic hydroxyl groups is 1. The van der Waals surface area contributed by atoms with E-state index in [-0.39, 0.29) is 91.6 Å². The highest BCUT2D eigenvalue weighted by Crippen LogP contribution is 2.31. The van der Waals surface area contributed by atoms with Crippen molar-refractivity contribution in [1.82, 2.24) is 35.6 Å². The number of likely N-dealkylation sites (N-methyl/N-ethyl adjacent to an activating group) is 1. The number of nitrogens with one attached hydrogen (secondary N) is 4. The van der Waals surface area contributed by atoms with Gasteiger partial charge in [0.25, 0.3) is 11.8 Å². The van der Waals surface area contributed by atoms with Gasteiger partial charge in [-0.25, -0.2) is 0 Å². The van der Waals surface area contributed by atoms with Gasteiger partial charge in [-0.05, 0) is 99.8 Å². The zero-order valence-electron chi connectivity index (χ0n) is 50.6. The maximum Gasteiger partial charge on any atom is 0.253 e. The quantitative estimate of drug-likeness (QED) is 0.0418.